The smallest absolute Gasteiger partial charge is 0.354 e. The summed E-state index contributed by atoms with van der Waals surface area (Å²) in [6.45, 7) is 5.79. The molecule has 0 aliphatic heterocycles. The Morgan fingerprint density at radius 1 is 1.46 bits per heavy atom. The van der Waals surface area contributed by atoms with E-state index in [1.165, 1.54) is 6.33 Å². The van der Waals surface area contributed by atoms with Crippen molar-refractivity contribution in [1.29, 1.82) is 0 Å². The van der Waals surface area contributed by atoms with Crippen molar-refractivity contribution in [2.75, 3.05) is 0 Å². The van der Waals surface area contributed by atoms with Crippen molar-refractivity contribution in [2.24, 2.45) is 0 Å². The van der Waals surface area contributed by atoms with Gasteiger partial charge >= 0.3 is 5.97 Å². The third-order valence-electron chi connectivity index (χ3n) is 1.72. The molecule has 0 unspecified atom stereocenters. The first-order valence-electron chi connectivity index (χ1n) is 3.96. The molecule has 0 amide bonds. The van der Waals surface area contributed by atoms with Crippen LogP contribution < -0.4 is 0 Å². The van der Waals surface area contributed by atoms with E-state index in [2.05, 4.69) is 9.97 Å². The number of aromatic carboxylic acids is 1. The monoisotopic (exact) mass is 180 g/mol. The topological polar surface area (TPSA) is 63.1 Å². The Hall–Kier alpha value is -1.45. The van der Waals surface area contributed by atoms with Gasteiger partial charge in [-0.25, -0.2) is 14.8 Å². The summed E-state index contributed by atoms with van der Waals surface area (Å²) in [6, 6.07) is 0. The third-order valence-corrected chi connectivity index (χ3v) is 1.72. The molecule has 0 spiro atoms. The fraction of sp³-hybridized carbons (Fsp3) is 0.444. The van der Waals surface area contributed by atoms with Gasteiger partial charge in [-0.1, -0.05) is 20.8 Å². The zero-order valence-electron chi connectivity index (χ0n) is 7.90. The van der Waals surface area contributed by atoms with Crippen molar-refractivity contribution < 1.29 is 9.90 Å². The van der Waals surface area contributed by atoms with Crippen LogP contribution in [0.5, 0.6) is 0 Å². The fourth-order valence-corrected chi connectivity index (χ4v) is 1.05. The second-order valence-corrected chi connectivity index (χ2v) is 3.84. The van der Waals surface area contributed by atoms with Crippen LogP contribution in [0.3, 0.4) is 0 Å². The number of hydrogen-bond donors (Lipinski definition) is 1. The van der Waals surface area contributed by atoms with Gasteiger partial charge in [-0.2, -0.15) is 0 Å². The Balaban J connectivity index is 3.28. The molecule has 0 saturated heterocycles. The summed E-state index contributed by atoms with van der Waals surface area (Å²) >= 11 is 0. The fourth-order valence-electron chi connectivity index (χ4n) is 1.05. The second kappa shape index (κ2) is 3.12. The average Bonchev–Trinajstić information content (AvgIpc) is 2.03. The molecule has 0 aliphatic carbocycles. The molecule has 0 aromatic carbocycles. The zero-order chi connectivity index (χ0) is 10.1. The molecule has 13 heavy (non-hydrogen) atoms. The molecule has 0 saturated carbocycles. The molecule has 1 rings (SSSR count). The normalized spacial score (nSPS) is 11.3. The number of nitrogens with zero attached hydrogens (tertiary/aromatic N) is 2. The van der Waals surface area contributed by atoms with E-state index >= 15 is 0 Å². The molecule has 1 aromatic rings. The number of carbonyl (C=O) groups is 1. The van der Waals surface area contributed by atoms with E-state index in [1.54, 1.807) is 6.20 Å². The quantitative estimate of drug-likeness (QED) is 0.710. The van der Waals surface area contributed by atoms with Crippen LogP contribution in [-0.4, -0.2) is 21.0 Å². The minimum absolute atomic E-state index is 0.0856. The number of hydrogen-bond acceptors (Lipinski definition) is 3. The molecular weight excluding hydrogens is 168 g/mol. The van der Waals surface area contributed by atoms with Crippen molar-refractivity contribution in [2.45, 2.75) is 26.2 Å². The van der Waals surface area contributed by atoms with Crippen molar-refractivity contribution >= 4 is 5.97 Å². The second-order valence-electron chi connectivity index (χ2n) is 3.84. The Labute approximate surface area is 76.7 Å². The zero-order valence-corrected chi connectivity index (χ0v) is 7.90. The first kappa shape index (κ1) is 9.64. The van der Waals surface area contributed by atoms with Gasteiger partial charge in [0.25, 0.3) is 0 Å². The Morgan fingerprint density at radius 3 is 2.46 bits per heavy atom. The van der Waals surface area contributed by atoms with Crippen LogP contribution in [0.25, 0.3) is 0 Å². The molecule has 4 heteroatoms. The van der Waals surface area contributed by atoms with E-state index in [0.717, 1.165) is 0 Å². The first-order chi connectivity index (χ1) is 5.93. The Morgan fingerprint density at radius 2 is 2.08 bits per heavy atom. The molecule has 4 nitrogen and oxygen atoms in total. The summed E-state index contributed by atoms with van der Waals surface area (Å²) in [5.74, 6) is -1.01. The lowest BCUT2D eigenvalue weighted by Crippen LogP contribution is -2.18. The molecule has 1 heterocycles. The summed E-state index contributed by atoms with van der Waals surface area (Å²) in [5.41, 5.74) is 0.500. The number of carboxylic acid groups (broad SMARTS) is 1. The lowest BCUT2D eigenvalue weighted by atomic mass is 9.87. The lowest BCUT2D eigenvalue weighted by molar-refractivity contribution is 0.0687. The highest BCUT2D eigenvalue weighted by Gasteiger charge is 2.22. The van der Waals surface area contributed by atoms with E-state index < -0.39 is 5.97 Å². The summed E-state index contributed by atoms with van der Waals surface area (Å²) in [7, 11) is 0. The predicted octanol–water partition coefficient (Wildman–Crippen LogP) is 1.47. The van der Waals surface area contributed by atoms with Gasteiger partial charge in [0.15, 0.2) is 5.69 Å². The molecule has 70 valence electrons. The molecule has 1 N–H and O–H groups in total. The molecule has 0 aliphatic rings. The highest BCUT2D eigenvalue weighted by atomic mass is 16.4. The number of rotatable bonds is 1. The van der Waals surface area contributed by atoms with Crippen molar-refractivity contribution in [3.63, 3.8) is 0 Å². The standard InChI is InChI=1S/C9H12N2O2/c1-9(2,3)6-4-10-5-11-7(6)8(12)13/h4-5H,1-3H3,(H,12,13). The summed E-state index contributed by atoms with van der Waals surface area (Å²) < 4.78 is 0. The van der Waals surface area contributed by atoms with Crippen LogP contribution in [0.1, 0.15) is 36.8 Å². The van der Waals surface area contributed by atoms with Crippen LogP contribution in [0.2, 0.25) is 0 Å². The Bertz CT molecular complexity index is 329. The van der Waals surface area contributed by atoms with Gasteiger partial charge in [-0.15, -0.1) is 0 Å². The van der Waals surface area contributed by atoms with E-state index in [-0.39, 0.29) is 11.1 Å². The van der Waals surface area contributed by atoms with Crippen LogP contribution in [0.4, 0.5) is 0 Å². The molecule has 0 bridgehead atoms. The Kier molecular flexibility index (Phi) is 2.32. The largest absolute Gasteiger partial charge is 0.477 e. The van der Waals surface area contributed by atoms with Gasteiger partial charge in [-0.3, -0.25) is 0 Å². The third kappa shape index (κ3) is 2.02. The van der Waals surface area contributed by atoms with E-state index in [0.29, 0.717) is 5.56 Å². The van der Waals surface area contributed by atoms with Gasteiger partial charge in [0.2, 0.25) is 0 Å². The van der Waals surface area contributed by atoms with Crippen molar-refractivity contribution in [3.05, 3.63) is 23.8 Å². The van der Waals surface area contributed by atoms with E-state index in [9.17, 15) is 4.79 Å². The molecule has 0 fully saturated rings. The molecule has 0 atom stereocenters. The predicted molar refractivity (Wildman–Crippen MR) is 47.7 cm³/mol. The maximum Gasteiger partial charge on any atom is 0.354 e. The minimum atomic E-state index is -1.01. The van der Waals surface area contributed by atoms with Crippen LogP contribution >= 0.6 is 0 Å². The average molecular weight is 180 g/mol. The van der Waals surface area contributed by atoms with Gasteiger partial charge in [-0.05, 0) is 5.41 Å². The van der Waals surface area contributed by atoms with Crippen molar-refractivity contribution in [3.8, 4) is 0 Å². The van der Waals surface area contributed by atoms with Crippen molar-refractivity contribution in [1.82, 2.24) is 9.97 Å². The van der Waals surface area contributed by atoms with E-state index in [4.69, 9.17) is 5.11 Å². The van der Waals surface area contributed by atoms with Gasteiger partial charge in [0.05, 0.1) is 0 Å². The first-order valence-corrected chi connectivity index (χ1v) is 3.96. The molecule has 0 radical (unpaired) electrons. The maximum absolute atomic E-state index is 10.8. The van der Waals surface area contributed by atoms with Crippen LogP contribution in [0.15, 0.2) is 12.5 Å². The number of carboxylic acids is 1. The summed E-state index contributed by atoms with van der Waals surface area (Å²) in [5, 5.41) is 8.84. The molecular formula is C9H12N2O2. The molecule has 1 aromatic heterocycles. The maximum atomic E-state index is 10.8. The van der Waals surface area contributed by atoms with E-state index in [1.807, 2.05) is 20.8 Å². The highest BCUT2D eigenvalue weighted by molar-refractivity contribution is 5.87. The van der Waals surface area contributed by atoms with Gasteiger partial charge < -0.3 is 5.11 Å². The lowest BCUT2D eigenvalue weighted by Gasteiger charge is -2.19. The number of aromatic nitrogens is 2. The minimum Gasteiger partial charge on any atom is -0.477 e. The van der Waals surface area contributed by atoms with Gasteiger partial charge in [0, 0.05) is 11.8 Å². The van der Waals surface area contributed by atoms with Crippen LogP contribution in [-0.2, 0) is 5.41 Å². The summed E-state index contributed by atoms with van der Waals surface area (Å²) in [4.78, 5) is 18.3. The SMILES string of the molecule is CC(C)(C)c1cncnc1C(=O)O. The van der Waals surface area contributed by atoms with Gasteiger partial charge in [0.1, 0.15) is 6.33 Å². The highest BCUT2D eigenvalue weighted by Crippen LogP contribution is 2.23. The summed E-state index contributed by atoms with van der Waals surface area (Å²) in [6.07, 6.45) is 2.80. The van der Waals surface area contributed by atoms with Crippen LogP contribution in [0, 0.1) is 0 Å².